The second-order valence-corrected chi connectivity index (χ2v) is 4.37. The normalized spacial score (nSPS) is 12.7. The molecule has 0 saturated heterocycles. The summed E-state index contributed by atoms with van der Waals surface area (Å²) in [5.74, 6) is -0.294. The van der Waals surface area contributed by atoms with Crippen LogP contribution in [-0.2, 0) is 14.3 Å². The maximum absolute atomic E-state index is 11.3. The van der Waals surface area contributed by atoms with Crippen molar-refractivity contribution in [2.75, 3.05) is 0 Å². The highest BCUT2D eigenvalue weighted by molar-refractivity contribution is 8.14. The third-order valence-electron chi connectivity index (χ3n) is 1.29. The highest BCUT2D eigenvalue weighted by Crippen LogP contribution is 2.17. The van der Waals surface area contributed by atoms with E-state index in [1.807, 2.05) is 6.92 Å². The number of hydrogen-bond acceptors (Lipinski definition) is 4. The van der Waals surface area contributed by atoms with E-state index in [4.69, 9.17) is 4.74 Å². The standard InChI is InChI=1S/C9H16O3S/c1-5-8(13-7(4)10)9(11)12-6(2)3/h6,8H,5H2,1-4H3. The van der Waals surface area contributed by atoms with E-state index in [-0.39, 0.29) is 22.4 Å². The van der Waals surface area contributed by atoms with E-state index in [0.717, 1.165) is 11.8 Å². The Morgan fingerprint density at radius 3 is 2.23 bits per heavy atom. The van der Waals surface area contributed by atoms with Gasteiger partial charge < -0.3 is 4.74 Å². The second-order valence-electron chi connectivity index (χ2n) is 2.99. The van der Waals surface area contributed by atoms with E-state index in [2.05, 4.69) is 0 Å². The third kappa shape index (κ3) is 5.69. The van der Waals surface area contributed by atoms with Crippen LogP contribution in [-0.4, -0.2) is 22.4 Å². The number of ether oxygens (including phenoxy) is 1. The molecule has 1 atom stereocenters. The van der Waals surface area contributed by atoms with Gasteiger partial charge in [-0.15, -0.1) is 0 Å². The smallest absolute Gasteiger partial charge is 0.319 e. The van der Waals surface area contributed by atoms with Gasteiger partial charge in [-0.2, -0.15) is 0 Å². The first-order valence-corrected chi connectivity index (χ1v) is 5.23. The SMILES string of the molecule is CCC(SC(C)=O)C(=O)OC(C)C. The highest BCUT2D eigenvalue weighted by Gasteiger charge is 2.21. The molecule has 0 heterocycles. The summed E-state index contributed by atoms with van der Waals surface area (Å²) in [6.45, 7) is 6.91. The van der Waals surface area contributed by atoms with Gasteiger partial charge in [0.1, 0.15) is 5.25 Å². The molecule has 0 aromatic rings. The lowest BCUT2D eigenvalue weighted by molar-refractivity contribution is -0.146. The van der Waals surface area contributed by atoms with Crippen molar-refractivity contribution in [3.8, 4) is 0 Å². The van der Waals surface area contributed by atoms with Crippen molar-refractivity contribution in [3.05, 3.63) is 0 Å². The molecular formula is C9H16O3S. The molecule has 0 radical (unpaired) electrons. The fourth-order valence-corrected chi connectivity index (χ4v) is 1.53. The summed E-state index contributed by atoms with van der Waals surface area (Å²) in [4.78, 5) is 22.1. The van der Waals surface area contributed by atoms with Crippen molar-refractivity contribution >= 4 is 22.8 Å². The molecule has 0 aromatic carbocycles. The fraction of sp³-hybridized carbons (Fsp3) is 0.778. The minimum atomic E-state index is -0.347. The first kappa shape index (κ1) is 12.5. The van der Waals surface area contributed by atoms with Crippen molar-refractivity contribution in [2.45, 2.75) is 45.5 Å². The molecule has 0 fully saturated rings. The van der Waals surface area contributed by atoms with Gasteiger partial charge in [0.2, 0.25) is 0 Å². The third-order valence-corrected chi connectivity index (χ3v) is 2.44. The second kappa shape index (κ2) is 6.02. The predicted molar refractivity (Wildman–Crippen MR) is 53.6 cm³/mol. The first-order chi connectivity index (χ1) is 5.97. The Morgan fingerprint density at radius 1 is 1.38 bits per heavy atom. The van der Waals surface area contributed by atoms with Crippen molar-refractivity contribution in [2.24, 2.45) is 0 Å². The van der Waals surface area contributed by atoms with Crippen molar-refractivity contribution < 1.29 is 14.3 Å². The maximum Gasteiger partial charge on any atom is 0.319 e. The van der Waals surface area contributed by atoms with E-state index in [1.54, 1.807) is 13.8 Å². The van der Waals surface area contributed by atoms with E-state index in [0.29, 0.717) is 6.42 Å². The van der Waals surface area contributed by atoms with Gasteiger partial charge in [-0.05, 0) is 20.3 Å². The molecule has 0 saturated carbocycles. The summed E-state index contributed by atoms with van der Waals surface area (Å²) < 4.78 is 4.99. The van der Waals surface area contributed by atoms with Crippen LogP contribution in [0.5, 0.6) is 0 Å². The zero-order chi connectivity index (χ0) is 10.4. The number of hydrogen-bond donors (Lipinski definition) is 0. The average molecular weight is 204 g/mol. The molecule has 0 amide bonds. The highest BCUT2D eigenvalue weighted by atomic mass is 32.2. The summed E-state index contributed by atoms with van der Waals surface area (Å²) in [6.07, 6.45) is 0.504. The van der Waals surface area contributed by atoms with E-state index in [9.17, 15) is 9.59 Å². The van der Waals surface area contributed by atoms with Crippen LogP contribution in [0.2, 0.25) is 0 Å². The molecule has 0 aromatic heterocycles. The predicted octanol–water partition coefficient (Wildman–Crippen LogP) is 2.00. The van der Waals surface area contributed by atoms with E-state index in [1.165, 1.54) is 6.92 Å². The summed E-state index contributed by atoms with van der Waals surface area (Å²) in [7, 11) is 0. The minimum absolute atomic E-state index is 0.0486. The van der Waals surface area contributed by atoms with Crippen LogP contribution in [0.15, 0.2) is 0 Å². The lowest BCUT2D eigenvalue weighted by Gasteiger charge is -2.14. The molecule has 13 heavy (non-hydrogen) atoms. The van der Waals surface area contributed by atoms with Crippen molar-refractivity contribution in [3.63, 3.8) is 0 Å². The van der Waals surface area contributed by atoms with Gasteiger partial charge in [0, 0.05) is 6.92 Å². The molecule has 4 heteroatoms. The average Bonchev–Trinajstić information content (AvgIpc) is 1.98. The molecule has 1 unspecified atom stereocenters. The molecule has 0 aliphatic carbocycles. The van der Waals surface area contributed by atoms with Gasteiger partial charge in [-0.3, -0.25) is 9.59 Å². The van der Waals surface area contributed by atoms with Gasteiger partial charge in [0.15, 0.2) is 5.12 Å². The molecule has 0 aliphatic heterocycles. The van der Waals surface area contributed by atoms with Crippen LogP contribution in [0.1, 0.15) is 34.1 Å². The zero-order valence-corrected chi connectivity index (χ0v) is 9.31. The Morgan fingerprint density at radius 2 is 1.92 bits per heavy atom. The fourth-order valence-electron chi connectivity index (χ4n) is 0.807. The first-order valence-electron chi connectivity index (χ1n) is 4.35. The molecule has 0 rings (SSSR count). The topological polar surface area (TPSA) is 43.4 Å². The Balaban J connectivity index is 4.07. The van der Waals surface area contributed by atoms with Gasteiger partial charge in [-0.25, -0.2) is 0 Å². The Kier molecular flexibility index (Phi) is 5.79. The molecule has 0 bridgehead atoms. The summed E-state index contributed by atoms with van der Waals surface area (Å²) in [6, 6.07) is 0. The van der Waals surface area contributed by atoms with Gasteiger partial charge in [-0.1, -0.05) is 18.7 Å². The van der Waals surface area contributed by atoms with Crippen molar-refractivity contribution in [1.82, 2.24) is 0 Å². The van der Waals surface area contributed by atoms with Crippen LogP contribution in [0.3, 0.4) is 0 Å². The van der Waals surface area contributed by atoms with Crippen LogP contribution >= 0.6 is 11.8 Å². The Bertz CT molecular complexity index is 189. The lowest BCUT2D eigenvalue weighted by Crippen LogP contribution is -2.23. The number of esters is 1. The number of carbonyl (C=O) groups excluding carboxylic acids is 2. The van der Waals surface area contributed by atoms with E-state index >= 15 is 0 Å². The maximum atomic E-state index is 11.3. The number of thioether (sulfide) groups is 1. The van der Waals surface area contributed by atoms with Crippen LogP contribution in [0.25, 0.3) is 0 Å². The molecule has 0 aliphatic rings. The number of rotatable bonds is 4. The van der Waals surface area contributed by atoms with Gasteiger partial charge >= 0.3 is 5.97 Å². The summed E-state index contributed by atoms with van der Waals surface area (Å²) in [5, 5.41) is -0.396. The minimum Gasteiger partial charge on any atom is -0.462 e. The van der Waals surface area contributed by atoms with Gasteiger partial charge in [0.05, 0.1) is 6.10 Å². The molecule has 0 spiro atoms. The summed E-state index contributed by atoms with van der Waals surface area (Å²) >= 11 is 1.04. The Hall–Kier alpha value is -0.510. The molecule has 3 nitrogen and oxygen atoms in total. The van der Waals surface area contributed by atoms with Gasteiger partial charge in [0.25, 0.3) is 0 Å². The Labute approximate surface area is 83.2 Å². The van der Waals surface area contributed by atoms with Crippen LogP contribution < -0.4 is 0 Å². The van der Waals surface area contributed by atoms with Crippen LogP contribution in [0, 0.1) is 0 Å². The van der Waals surface area contributed by atoms with Crippen LogP contribution in [0.4, 0.5) is 0 Å². The van der Waals surface area contributed by atoms with E-state index < -0.39 is 0 Å². The monoisotopic (exact) mass is 204 g/mol. The zero-order valence-electron chi connectivity index (χ0n) is 8.49. The van der Waals surface area contributed by atoms with Crippen molar-refractivity contribution in [1.29, 1.82) is 0 Å². The molecule has 76 valence electrons. The molecular weight excluding hydrogens is 188 g/mol. The summed E-state index contributed by atoms with van der Waals surface area (Å²) in [5.41, 5.74) is 0. The largest absolute Gasteiger partial charge is 0.462 e. The molecule has 0 N–H and O–H groups in total. The quantitative estimate of drug-likeness (QED) is 0.657. The lowest BCUT2D eigenvalue weighted by atomic mass is 10.3. The number of carbonyl (C=O) groups is 2.